The van der Waals surface area contributed by atoms with E-state index in [1.807, 2.05) is 38.2 Å². The van der Waals surface area contributed by atoms with Crippen LogP contribution in [0.4, 0.5) is 0 Å². The van der Waals surface area contributed by atoms with E-state index < -0.39 is 0 Å². The average molecular weight is 255 g/mol. The zero-order chi connectivity index (χ0) is 12.8. The molecule has 0 bridgehead atoms. The molecule has 0 saturated heterocycles. The summed E-state index contributed by atoms with van der Waals surface area (Å²) < 4.78 is 0. The summed E-state index contributed by atoms with van der Waals surface area (Å²) in [6.07, 6.45) is 0.836. The van der Waals surface area contributed by atoms with Crippen molar-refractivity contribution in [3.8, 4) is 0 Å². The molecule has 1 unspecified atom stereocenters. The van der Waals surface area contributed by atoms with E-state index in [0.717, 1.165) is 11.4 Å². The molecule has 0 radical (unpaired) electrons. The first-order valence-electron chi connectivity index (χ1n) is 5.69. The van der Waals surface area contributed by atoms with Gasteiger partial charge in [0.2, 0.25) is 5.91 Å². The highest BCUT2D eigenvalue weighted by atomic mass is 35.5. The van der Waals surface area contributed by atoms with Gasteiger partial charge >= 0.3 is 0 Å². The fourth-order valence-corrected chi connectivity index (χ4v) is 1.75. The Bertz CT molecular complexity index is 364. The number of rotatable bonds is 5. The molecule has 3 nitrogen and oxygen atoms in total. The van der Waals surface area contributed by atoms with Gasteiger partial charge in [0, 0.05) is 18.1 Å². The third-order valence-corrected chi connectivity index (χ3v) is 3.08. The third kappa shape index (κ3) is 4.36. The van der Waals surface area contributed by atoms with Gasteiger partial charge in [0.15, 0.2) is 0 Å². The minimum Gasteiger partial charge on any atom is -0.342 e. The summed E-state index contributed by atoms with van der Waals surface area (Å²) in [6.45, 7) is 2.42. The van der Waals surface area contributed by atoms with Crippen LogP contribution in [0.2, 0.25) is 5.02 Å². The molecule has 0 aliphatic carbocycles. The number of likely N-dealkylation sites (N-methyl/N-ethyl adjacent to an activating group) is 2. The zero-order valence-corrected chi connectivity index (χ0v) is 11.3. The van der Waals surface area contributed by atoms with Crippen LogP contribution in [-0.4, -0.2) is 37.5 Å². The summed E-state index contributed by atoms with van der Waals surface area (Å²) in [5.74, 6) is 0.106. The first-order chi connectivity index (χ1) is 8.04. The minimum absolute atomic E-state index is 0.106. The lowest BCUT2D eigenvalue weighted by atomic mass is 10.1. The van der Waals surface area contributed by atoms with Gasteiger partial charge in [0.05, 0.1) is 6.54 Å². The lowest BCUT2D eigenvalue weighted by Gasteiger charge is -2.25. The molecule has 1 aromatic carbocycles. The largest absolute Gasteiger partial charge is 0.342 e. The van der Waals surface area contributed by atoms with Crippen molar-refractivity contribution < 1.29 is 4.79 Å². The summed E-state index contributed by atoms with van der Waals surface area (Å²) >= 11 is 5.83. The fourth-order valence-electron chi connectivity index (χ4n) is 1.62. The van der Waals surface area contributed by atoms with Crippen LogP contribution in [0.5, 0.6) is 0 Å². The standard InChI is InChI=1S/C13H19ClN2O/c1-10(16(3)13(17)9-15-2)8-11-4-6-12(14)7-5-11/h4-7,10,15H,8-9H2,1-3H3. The highest BCUT2D eigenvalue weighted by molar-refractivity contribution is 6.30. The van der Waals surface area contributed by atoms with Crippen LogP contribution in [0, 0.1) is 0 Å². The van der Waals surface area contributed by atoms with Gasteiger partial charge in [-0.15, -0.1) is 0 Å². The maximum atomic E-state index is 11.7. The molecule has 0 spiro atoms. The number of benzene rings is 1. The molecular formula is C13H19ClN2O. The number of hydrogen-bond acceptors (Lipinski definition) is 2. The molecule has 0 aromatic heterocycles. The molecule has 0 heterocycles. The van der Waals surface area contributed by atoms with Crippen LogP contribution in [0.25, 0.3) is 0 Å². The lowest BCUT2D eigenvalue weighted by Crippen LogP contribution is -2.40. The summed E-state index contributed by atoms with van der Waals surface area (Å²) in [6, 6.07) is 7.92. The predicted molar refractivity (Wildman–Crippen MR) is 71.3 cm³/mol. The van der Waals surface area contributed by atoms with Crippen LogP contribution in [0.15, 0.2) is 24.3 Å². The third-order valence-electron chi connectivity index (χ3n) is 2.83. The van der Waals surface area contributed by atoms with Crippen LogP contribution in [-0.2, 0) is 11.2 Å². The van der Waals surface area contributed by atoms with Crippen LogP contribution < -0.4 is 5.32 Å². The van der Waals surface area contributed by atoms with E-state index in [1.54, 1.807) is 11.9 Å². The summed E-state index contributed by atoms with van der Waals surface area (Å²) in [4.78, 5) is 13.4. The van der Waals surface area contributed by atoms with E-state index in [2.05, 4.69) is 5.32 Å². The average Bonchev–Trinajstić information content (AvgIpc) is 2.31. The van der Waals surface area contributed by atoms with Crippen molar-refractivity contribution in [1.82, 2.24) is 10.2 Å². The second-order valence-corrected chi connectivity index (χ2v) is 4.65. The van der Waals surface area contributed by atoms with Crippen molar-refractivity contribution in [3.05, 3.63) is 34.9 Å². The van der Waals surface area contributed by atoms with E-state index in [9.17, 15) is 4.79 Å². The van der Waals surface area contributed by atoms with E-state index >= 15 is 0 Å². The molecule has 17 heavy (non-hydrogen) atoms. The minimum atomic E-state index is 0.106. The zero-order valence-electron chi connectivity index (χ0n) is 10.5. The van der Waals surface area contributed by atoms with Crippen molar-refractivity contribution >= 4 is 17.5 Å². The highest BCUT2D eigenvalue weighted by Crippen LogP contribution is 2.12. The SMILES string of the molecule is CNCC(=O)N(C)C(C)Cc1ccc(Cl)cc1. The number of amides is 1. The Hall–Kier alpha value is -1.06. The Balaban J connectivity index is 2.56. The van der Waals surface area contributed by atoms with Crippen molar-refractivity contribution in [2.45, 2.75) is 19.4 Å². The fraction of sp³-hybridized carbons (Fsp3) is 0.462. The van der Waals surface area contributed by atoms with E-state index in [4.69, 9.17) is 11.6 Å². The van der Waals surface area contributed by atoms with Crippen LogP contribution >= 0.6 is 11.6 Å². The maximum Gasteiger partial charge on any atom is 0.236 e. The molecule has 1 atom stereocenters. The maximum absolute atomic E-state index is 11.7. The number of halogens is 1. The van der Waals surface area contributed by atoms with Gasteiger partial charge in [-0.1, -0.05) is 23.7 Å². The smallest absolute Gasteiger partial charge is 0.236 e. The first-order valence-corrected chi connectivity index (χ1v) is 6.07. The van der Waals surface area contributed by atoms with E-state index in [0.29, 0.717) is 6.54 Å². The number of nitrogens with zero attached hydrogens (tertiary/aromatic N) is 1. The molecule has 94 valence electrons. The van der Waals surface area contributed by atoms with Gasteiger partial charge in [0.25, 0.3) is 0 Å². The predicted octanol–water partition coefficient (Wildman–Crippen LogP) is 1.95. The Labute approximate surface area is 108 Å². The van der Waals surface area contributed by atoms with Crippen molar-refractivity contribution in [2.75, 3.05) is 20.6 Å². The molecule has 1 rings (SSSR count). The molecular weight excluding hydrogens is 236 g/mol. The van der Waals surface area contributed by atoms with Gasteiger partial charge in [-0.05, 0) is 38.1 Å². The van der Waals surface area contributed by atoms with Gasteiger partial charge in [-0.25, -0.2) is 0 Å². The lowest BCUT2D eigenvalue weighted by molar-refractivity contribution is -0.130. The molecule has 1 amide bonds. The molecule has 0 saturated carbocycles. The monoisotopic (exact) mass is 254 g/mol. The Morgan fingerprint density at radius 3 is 2.53 bits per heavy atom. The van der Waals surface area contributed by atoms with E-state index in [1.165, 1.54) is 5.56 Å². The van der Waals surface area contributed by atoms with Crippen LogP contribution in [0.1, 0.15) is 12.5 Å². The summed E-state index contributed by atoms with van der Waals surface area (Å²) in [5, 5.41) is 3.60. The van der Waals surface area contributed by atoms with Gasteiger partial charge in [-0.2, -0.15) is 0 Å². The molecule has 0 fully saturated rings. The van der Waals surface area contributed by atoms with Gasteiger partial charge < -0.3 is 10.2 Å². The van der Waals surface area contributed by atoms with Crippen molar-refractivity contribution in [3.63, 3.8) is 0 Å². The second-order valence-electron chi connectivity index (χ2n) is 4.21. The number of carbonyl (C=O) groups excluding carboxylic acids is 1. The Morgan fingerprint density at radius 1 is 1.41 bits per heavy atom. The quantitative estimate of drug-likeness (QED) is 0.871. The second kappa shape index (κ2) is 6.62. The van der Waals surface area contributed by atoms with Gasteiger partial charge in [0.1, 0.15) is 0 Å². The van der Waals surface area contributed by atoms with Crippen LogP contribution in [0.3, 0.4) is 0 Å². The topological polar surface area (TPSA) is 32.3 Å². The molecule has 1 N–H and O–H groups in total. The number of carbonyl (C=O) groups is 1. The molecule has 4 heteroatoms. The molecule has 0 aliphatic heterocycles. The van der Waals surface area contributed by atoms with Crippen molar-refractivity contribution in [1.29, 1.82) is 0 Å². The first kappa shape index (κ1) is 14.0. The Kier molecular flexibility index (Phi) is 5.45. The number of hydrogen-bond donors (Lipinski definition) is 1. The van der Waals surface area contributed by atoms with Gasteiger partial charge in [-0.3, -0.25) is 4.79 Å². The Morgan fingerprint density at radius 2 is 2.00 bits per heavy atom. The highest BCUT2D eigenvalue weighted by Gasteiger charge is 2.14. The molecule has 0 aliphatic rings. The molecule has 1 aromatic rings. The van der Waals surface area contributed by atoms with E-state index in [-0.39, 0.29) is 11.9 Å². The summed E-state index contributed by atoms with van der Waals surface area (Å²) in [7, 11) is 3.61. The summed E-state index contributed by atoms with van der Waals surface area (Å²) in [5.41, 5.74) is 1.19. The number of nitrogens with one attached hydrogen (secondary N) is 1. The normalized spacial score (nSPS) is 12.2. The van der Waals surface area contributed by atoms with Crippen molar-refractivity contribution in [2.24, 2.45) is 0 Å².